The highest BCUT2D eigenvalue weighted by Gasteiger charge is 2.36. The highest BCUT2D eigenvalue weighted by atomic mass is 79.9. The predicted molar refractivity (Wildman–Crippen MR) is 148 cm³/mol. The molecule has 0 atom stereocenters. The molecule has 0 bridgehead atoms. The standard InChI is InChI=1S/C27H24BrClN2O2S/c1-15-8-6-9-16(2)23(15)30-27-31(24-17(3)10-7-11-18(24)4)26(32)22(34-27)13-19-12-20(29)14-21(28)25(19)33-5/h6-14H,1-5H3/b22-13+,30-27?. The summed E-state index contributed by atoms with van der Waals surface area (Å²) in [5, 5.41) is 1.16. The highest BCUT2D eigenvalue weighted by molar-refractivity contribution is 9.10. The molecule has 4 rings (SSSR count). The average molecular weight is 556 g/mol. The van der Waals surface area contributed by atoms with E-state index in [1.54, 1.807) is 24.1 Å². The number of rotatable bonds is 4. The number of amides is 1. The van der Waals surface area contributed by atoms with Crippen LogP contribution in [-0.2, 0) is 4.79 Å². The zero-order chi connectivity index (χ0) is 24.6. The molecule has 174 valence electrons. The van der Waals surface area contributed by atoms with Crippen molar-refractivity contribution in [3.8, 4) is 5.75 Å². The van der Waals surface area contributed by atoms with Crippen LogP contribution in [0.4, 0.5) is 11.4 Å². The van der Waals surface area contributed by atoms with Gasteiger partial charge in [0.15, 0.2) is 5.17 Å². The van der Waals surface area contributed by atoms with E-state index < -0.39 is 0 Å². The van der Waals surface area contributed by atoms with Gasteiger partial charge in [0.25, 0.3) is 5.91 Å². The number of aliphatic imine (C=N–C) groups is 1. The van der Waals surface area contributed by atoms with Gasteiger partial charge in [-0.15, -0.1) is 0 Å². The molecule has 1 aliphatic heterocycles. The van der Waals surface area contributed by atoms with Crippen LogP contribution >= 0.6 is 39.3 Å². The summed E-state index contributed by atoms with van der Waals surface area (Å²) >= 11 is 11.1. The Hall–Kier alpha value is -2.54. The Labute approximate surface area is 217 Å². The number of anilines is 1. The van der Waals surface area contributed by atoms with Gasteiger partial charge in [-0.2, -0.15) is 0 Å². The molecule has 3 aromatic carbocycles. The van der Waals surface area contributed by atoms with Gasteiger partial charge in [-0.1, -0.05) is 48.0 Å². The molecule has 1 heterocycles. The summed E-state index contributed by atoms with van der Waals surface area (Å²) in [7, 11) is 1.59. The normalized spacial score (nSPS) is 16.1. The summed E-state index contributed by atoms with van der Waals surface area (Å²) in [4.78, 5) is 21.1. The predicted octanol–water partition coefficient (Wildman–Crippen LogP) is 8.15. The molecule has 1 amide bonds. The first-order valence-electron chi connectivity index (χ1n) is 10.7. The molecule has 4 nitrogen and oxygen atoms in total. The van der Waals surface area contributed by atoms with E-state index in [0.717, 1.165) is 38.1 Å². The first kappa shape index (κ1) is 24.6. The first-order chi connectivity index (χ1) is 16.2. The maximum atomic E-state index is 13.8. The molecule has 0 radical (unpaired) electrons. The molecule has 3 aromatic rings. The number of nitrogens with zero attached hydrogens (tertiary/aromatic N) is 2. The number of halogens is 2. The van der Waals surface area contributed by atoms with Crippen LogP contribution in [0.25, 0.3) is 6.08 Å². The molecular weight excluding hydrogens is 532 g/mol. The van der Waals surface area contributed by atoms with E-state index in [2.05, 4.69) is 15.9 Å². The fourth-order valence-corrected chi connectivity index (χ4v) is 5.99. The zero-order valence-electron chi connectivity index (χ0n) is 19.6. The molecule has 0 N–H and O–H groups in total. The number of aryl methyl sites for hydroxylation is 4. The van der Waals surface area contributed by atoms with Crippen LogP contribution in [0.5, 0.6) is 5.75 Å². The number of ether oxygens (including phenoxy) is 1. The van der Waals surface area contributed by atoms with Crippen molar-refractivity contribution in [3.63, 3.8) is 0 Å². The molecule has 7 heteroatoms. The number of amidine groups is 1. The Morgan fingerprint density at radius 3 is 2.18 bits per heavy atom. The number of methoxy groups -OCH3 is 1. The van der Waals surface area contributed by atoms with Gasteiger partial charge in [0.1, 0.15) is 5.75 Å². The lowest BCUT2D eigenvalue weighted by Gasteiger charge is -2.21. The number of hydrogen-bond acceptors (Lipinski definition) is 4. The van der Waals surface area contributed by atoms with Gasteiger partial charge in [0, 0.05) is 10.6 Å². The number of benzene rings is 3. The largest absolute Gasteiger partial charge is 0.495 e. The minimum atomic E-state index is -0.134. The van der Waals surface area contributed by atoms with E-state index >= 15 is 0 Å². The minimum absolute atomic E-state index is 0.134. The van der Waals surface area contributed by atoms with Crippen molar-refractivity contribution in [2.24, 2.45) is 4.99 Å². The average Bonchev–Trinajstić information content (AvgIpc) is 3.05. The summed E-state index contributed by atoms with van der Waals surface area (Å²) < 4.78 is 6.29. The molecule has 0 spiro atoms. The number of para-hydroxylation sites is 2. The van der Waals surface area contributed by atoms with Gasteiger partial charge in [-0.05, 0) is 95.8 Å². The zero-order valence-corrected chi connectivity index (χ0v) is 22.7. The smallest absolute Gasteiger partial charge is 0.271 e. The van der Waals surface area contributed by atoms with Crippen LogP contribution in [-0.4, -0.2) is 18.2 Å². The van der Waals surface area contributed by atoms with E-state index in [1.807, 2.05) is 70.2 Å². The van der Waals surface area contributed by atoms with E-state index in [4.69, 9.17) is 21.3 Å². The second kappa shape index (κ2) is 9.98. The Balaban J connectivity index is 1.92. The molecule has 0 unspecified atom stereocenters. The van der Waals surface area contributed by atoms with Gasteiger partial charge >= 0.3 is 0 Å². The molecule has 1 saturated heterocycles. The van der Waals surface area contributed by atoms with Crippen molar-refractivity contribution in [2.75, 3.05) is 12.0 Å². The first-order valence-corrected chi connectivity index (χ1v) is 12.7. The van der Waals surface area contributed by atoms with Crippen molar-refractivity contribution >= 4 is 67.8 Å². The summed E-state index contributed by atoms with van der Waals surface area (Å²) in [6.45, 7) is 8.08. The fourth-order valence-electron chi connectivity index (χ4n) is 4.03. The number of hydrogen-bond donors (Lipinski definition) is 0. The van der Waals surface area contributed by atoms with E-state index in [-0.39, 0.29) is 5.91 Å². The van der Waals surface area contributed by atoms with Gasteiger partial charge < -0.3 is 4.74 Å². The van der Waals surface area contributed by atoms with Crippen molar-refractivity contribution in [3.05, 3.63) is 90.7 Å². The summed E-state index contributed by atoms with van der Waals surface area (Å²) in [5.74, 6) is 0.481. The Bertz CT molecular complexity index is 1330. The Morgan fingerprint density at radius 1 is 1.00 bits per heavy atom. The number of thioether (sulfide) groups is 1. The van der Waals surface area contributed by atoms with Crippen LogP contribution < -0.4 is 9.64 Å². The van der Waals surface area contributed by atoms with Gasteiger partial charge in [-0.25, -0.2) is 4.99 Å². The van der Waals surface area contributed by atoms with Crippen LogP contribution in [0.2, 0.25) is 5.02 Å². The molecule has 0 aliphatic carbocycles. The topological polar surface area (TPSA) is 41.9 Å². The summed E-state index contributed by atoms with van der Waals surface area (Å²) in [6, 6.07) is 15.6. The van der Waals surface area contributed by atoms with Crippen molar-refractivity contribution < 1.29 is 9.53 Å². The van der Waals surface area contributed by atoms with E-state index in [1.165, 1.54) is 11.8 Å². The van der Waals surface area contributed by atoms with Gasteiger partial charge in [0.05, 0.1) is 27.9 Å². The highest BCUT2D eigenvalue weighted by Crippen LogP contribution is 2.42. The Morgan fingerprint density at radius 2 is 1.59 bits per heavy atom. The maximum Gasteiger partial charge on any atom is 0.271 e. The third-order valence-corrected chi connectivity index (χ3v) is 7.42. The van der Waals surface area contributed by atoms with Crippen molar-refractivity contribution in [2.45, 2.75) is 27.7 Å². The van der Waals surface area contributed by atoms with Crippen LogP contribution in [0.15, 0.2) is 62.9 Å². The lowest BCUT2D eigenvalue weighted by molar-refractivity contribution is -0.113. The molecule has 1 aliphatic rings. The van der Waals surface area contributed by atoms with E-state index in [9.17, 15) is 4.79 Å². The second-order valence-corrected chi connectivity index (χ2v) is 10.4. The number of carbonyl (C=O) groups is 1. The van der Waals surface area contributed by atoms with Crippen molar-refractivity contribution in [1.82, 2.24) is 0 Å². The third kappa shape index (κ3) is 4.67. The molecule has 1 fully saturated rings. The van der Waals surface area contributed by atoms with E-state index in [0.29, 0.717) is 26.4 Å². The lowest BCUT2D eigenvalue weighted by atomic mass is 10.1. The lowest BCUT2D eigenvalue weighted by Crippen LogP contribution is -2.30. The summed E-state index contributed by atoms with van der Waals surface area (Å²) in [5.41, 5.74) is 6.57. The van der Waals surface area contributed by atoms with Crippen LogP contribution in [0, 0.1) is 27.7 Å². The second-order valence-electron chi connectivity index (χ2n) is 8.14. The SMILES string of the molecule is COc1c(Br)cc(Cl)cc1/C=C1/SC(=Nc2c(C)cccc2C)N(c2c(C)cccc2C)C1=O. The van der Waals surface area contributed by atoms with Crippen molar-refractivity contribution in [1.29, 1.82) is 0 Å². The molecule has 34 heavy (non-hydrogen) atoms. The maximum absolute atomic E-state index is 13.8. The summed E-state index contributed by atoms with van der Waals surface area (Å²) in [6.07, 6.45) is 1.82. The number of carbonyl (C=O) groups excluding carboxylic acids is 1. The van der Waals surface area contributed by atoms with Gasteiger partial charge in [-0.3, -0.25) is 9.69 Å². The van der Waals surface area contributed by atoms with Gasteiger partial charge in [0.2, 0.25) is 0 Å². The molecule has 0 saturated carbocycles. The molecule has 0 aromatic heterocycles. The quantitative estimate of drug-likeness (QED) is 0.305. The third-order valence-electron chi connectivity index (χ3n) is 5.64. The monoisotopic (exact) mass is 554 g/mol. The minimum Gasteiger partial charge on any atom is -0.495 e. The molecular formula is C27H24BrClN2O2S. The fraction of sp³-hybridized carbons (Fsp3) is 0.185. The Kier molecular flexibility index (Phi) is 7.22. The van der Waals surface area contributed by atoms with Crippen LogP contribution in [0.1, 0.15) is 27.8 Å². The van der Waals surface area contributed by atoms with Crippen LogP contribution in [0.3, 0.4) is 0 Å².